The first-order chi connectivity index (χ1) is 9.52. The van der Waals surface area contributed by atoms with Crippen molar-refractivity contribution in [1.82, 2.24) is 5.32 Å². The van der Waals surface area contributed by atoms with Gasteiger partial charge in [0.1, 0.15) is 0 Å². The monoisotopic (exact) mass is 415 g/mol. The number of hydrogen-bond donors (Lipinski definition) is 1. The molecule has 108 valence electrons. The Balaban J connectivity index is 2.29. The molecule has 0 saturated heterocycles. The van der Waals surface area contributed by atoms with Crippen LogP contribution in [0, 0.1) is 6.92 Å². The predicted molar refractivity (Wildman–Crippen MR) is 96.6 cm³/mol. The van der Waals surface area contributed by atoms with Crippen molar-refractivity contribution >= 4 is 43.2 Å². The molecule has 1 aromatic carbocycles. The number of hydrogen-bond acceptors (Lipinski definition) is 2. The number of rotatable bonds is 5. The highest BCUT2D eigenvalue weighted by molar-refractivity contribution is 9.11. The molecule has 1 atom stereocenters. The van der Waals surface area contributed by atoms with Crippen molar-refractivity contribution in [3.8, 4) is 10.4 Å². The van der Waals surface area contributed by atoms with Gasteiger partial charge in [0.25, 0.3) is 0 Å². The van der Waals surface area contributed by atoms with E-state index in [0.29, 0.717) is 6.04 Å². The van der Waals surface area contributed by atoms with E-state index in [1.807, 2.05) is 11.3 Å². The summed E-state index contributed by atoms with van der Waals surface area (Å²) in [6, 6.07) is 9.18. The molecular weight excluding hydrogens is 398 g/mol. The Bertz CT molecular complexity index is 569. The van der Waals surface area contributed by atoms with Crippen LogP contribution in [0.15, 0.2) is 33.2 Å². The largest absolute Gasteiger partial charge is 0.309 e. The van der Waals surface area contributed by atoms with Gasteiger partial charge in [0.15, 0.2) is 0 Å². The first kappa shape index (κ1) is 16.2. The summed E-state index contributed by atoms with van der Waals surface area (Å²) in [6.07, 6.45) is 1.16. The zero-order valence-corrected chi connectivity index (χ0v) is 16.0. The van der Waals surface area contributed by atoms with Gasteiger partial charge in [-0.2, -0.15) is 0 Å². The van der Waals surface area contributed by atoms with E-state index in [9.17, 15) is 0 Å². The smallest absolute Gasteiger partial charge is 0.0386 e. The van der Waals surface area contributed by atoms with E-state index in [1.165, 1.54) is 20.9 Å². The number of thiophene rings is 1. The Morgan fingerprint density at radius 1 is 1.20 bits per heavy atom. The lowest BCUT2D eigenvalue weighted by molar-refractivity contribution is 0.578. The van der Waals surface area contributed by atoms with Crippen molar-refractivity contribution < 1.29 is 0 Å². The van der Waals surface area contributed by atoms with Gasteiger partial charge < -0.3 is 5.32 Å². The fourth-order valence-corrected chi connectivity index (χ4v) is 5.33. The number of aryl methyl sites for hydroxylation is 1. The minimum absolute atomic E-state index is 0.414. The van der Waals surface area contributed by atoms with Crippen molar-refractivity contribution in [2.45, 2.75) is 33.2 Å². The summed E-state index contributed by atoms with van der Waals surface area (Å²) in [6.45, 7) is 7.59. The third-order valence-electron chi connectivity index (χ3n) is 3.19. The van der Waals surface area contributed by atoms with Crippen molar-refractivity contribution in [2.24, 2.45) is 0 Å². The minimum atomic E-state index is 0.414. The fourth-order valence-electron chi connectivity index (χ4n) is 2.12. The Hall–Kier alpha value is -0.160. The van der Waals surface area contributed by atoms with E-state index in [2.05, 4.69) is 82.2 Å². The molecule has 0 fully saturated rings. The lowest BCUT2D eigenvalue weighted by atomic mass is 10.1. The predicted octanol–water partition coefficient (Wildman–Crippen LogP) is 6.31. The molecule has 1 aromatic heterocycles. The zero-order valence-electron chi connectivity index (χ0n) is 12.0. The molecule has 0 bridgehead atoms. The molecule has 1 heterocycles. The Labute approximate surface area is 142 Å². The Morgan fingerprint density at radius 3 is 2.45 bits per heavy atom. The molecule has 1 unspecified atom stereocenters. The van der Waals surface area contributed by atoms with Gasteiger partial charge in [0.2, 0.25) is 0 Å². The standard InChI is InChI=1S/C16H19Br2NS/c1-4-7-19-11(3)14-5-6-15(20-14)16-12(17)8-10(2)9-13(16)18/h5-6,8-9,11,19H,4,7H2,1-3H3. The summed E-state index contributed by atoms with van der Waals surface area (Å²) < 4.78 is 2.29. The highest BCUT2D eigenvalue weighted by atomic mass is 79.9. The number of nitrogens with one attached hydrogen (secondary N) is 1. The first-order valence-corrected chi connectivity index (χ1v) is 9.22. The van der Waals surface area contributed by atoms with Crippen LogP contribution in [0.1, 0.15) is 36.8 Å². The summed E-state index contributed by atoms with van der Waals surface area (Å²) >= 11 is 9.22. The Morgan fingerprint density at radius 2 is 1.85 bits per heavy atom. The SMILES string of the molecule is CCCNC(C)c1ccc(-c2c(Br)cc(C)cc2Br)s1. The average Bonchev–Trinajstić information content (AvgIpc) is 2.84. The maximum atomic E-state index is 3.68. The van der Waals surface area contributed by atoms with Crippen LogP contribution in [0.25, 0.3) is 10.4 Å². The van der Waals surface area contributed by atoms with Gasteiger partial charge >= 0.3 is 0 Å². The molecule has 0 aliphatic carbocycles. The molecule has 1 N–H and O–H groups in total. The lowest BCUT2D eigenvalue weighted by Crippen LogP contribution is -2.18. The topological polar surface area (TPSA) is 12.0 Å². The van der Waals surface area contributed by atoms with Gasteiger partial charge in [-0.25, -0.2) is 0 Å². The summed E-state index contributed by atoms with van der Waals surface area (Å²) in [5.41, 5.74) is 2.50. The molecule has 0 amide bonds. The van der Waals surface area contributed by atoms with Crippen molar-refractivity contribution in [3.63, 3.8) is 0 Å². The van der Waals surface area contributed by atoms with E-state index in [0.717, 1.165) is 21.9 Å². The second-order valence-electron chi connectivity index (χ2n) is 4.98. The summed E-state index contributed by atoms with van der Waals surface area (Å²) in [4.78, 5) is 2.68. The van der Waals surface area contributed by atoms with Gasteiger partial charge in [-0.1, -0.05) is 38.8 Å². The van der Waals surface area contributed by atoms with Gasteiger partial charge in [0, 0.05) is 30.3 Å². The van der Waals surface area contributed by atoms with Crippen LogP contribution in [0.5, 0.6) is 0 Å². The fraction of sp³-hybridized carbons (Fsp3) is 0.375. The zero-order chi connectivity index (χ0) is 14.7. The van der Waals surface area contributed by atoms with Crippen LogP contribution in [-0.2, 0) is 0 Å². The van der Waals surface area contributed by atoms with Crippen LogP contribution in [0.4, 0.5) is 0 Å². The highest BCUT2D eigenvalue weighted by Crippen LogP contribution is 2.40. The summed E-state index contributed by atoms with van der Waals surface area (Å²) in [5, 5.41) is 3.54. The lowest BCUT2D eigenvalue weighted by Gasteiger charge is -2.11. The van der Waals surface area contributed by atoms with Crippen molar-refractivity contribution in [3.05, 3.63) is 43.7 Å². The molecule has 20 heavy (non-hydrogen) atoms. The third kappa shape index (κ3) is 3.73. The van der Waals surface area contributed by atoms with Crippen LogP contribution in [-0.4, -0.2) is 6.54 Å². The van der Waals surface area contributed by atoms with E-state index in [1.54, 1.807) is 0 Å². The first-order valence-electron chi connectivity index (χ1n) is 6.82. The van der Waals surface area contributed by atoms with Crippen LogP contribution >= 0.6 is 43.2 Å². The van der Waals surface area contributed by atoms with Crippen molar-refractivity contribution in [1.29, 1.82) is 0 Å². The maximum absolute atomic E-state index is 3.68. The van der Waals surface area contributed by atoms with E-state index >= 15 is 0 Å². The van der Waals surface area contributed by atoms with E-state index in [-0.39, 0.29) is 0 Å². The van der Waals surface area contributed by atoms with Gasteiger partial charge in [0.05, 0.1) is 0 Å². The number of halogens is 2. The molecular formula is C16H19Br2NS. The molecule has 2 rings (SSSR count). The molecule has 1 nitrogen and oxygen atoms in total. The van der Waals surface area contributed by atoms with Crippen LogP contribution in [0.3, 0.4) is 0 Å². The van der Waals surface area contributed by atoms with Crippen LogP contribution in [0.2, 0.25) is 0 Å². The molecule has 4 heteroatoms. The summed E-state index contributed by atoms with van der Waals surface area (Å²) in [5.74, 6) is 0. The molecule has 0 radical (unpaired) electrons. The second kappa shape index (κ2) is 7.21. The molecule has 0 spiro atoms. The van der Waals surface area contributed by atoms with Crippen molar-refractivity contribution in [2.75, 3.05) is 6.54 Å². The van der Waals surface area contributed by atoms with E-state index in [4.69, 9.17) is 0 Å². The second-order valence-corrected chi connectivity index (χ2v) is 7.81. The third-order valence-corrected chi connectivity index (χ3v) is 5.72. The highest BCUT2D eigenvalue weighted by Gasteiger charge is 2.13. The summed E-state index contributed by atoms with van der Waals surface area (Å²) in [7, 11) is 0. The number of benzene rings is 1. The maximum Gasteiger partial charge on any atom is 0.0386 e. The quantitative estimate of drug-likeness (QED) is 0.602. The van der Waals surface area contributed by atoms with Crippen LogP contribution < -0.4 is 5.32 Å². The van der Waals surface area contributed by atoms with Gasteiger partial charge in [-0.05, 0) is 56.6 Å². The molecule has 0 saturated carbocycles. The van der Waals surface area contributed by atoms with Gasteiger partial charge in [-0.15, -0.1) is 11.3 Å². The Kier molecular flexibility index (Phi) is 5.84. The molecule has 2 aromatic rings. The normalized spacial score (nSPS) is 12.7. The average molecular weight is 417 g/mol. The molecule has 0 aliphatic rings. The minimum Gasteiger partial charge on any atom is -0.309 e. The van der Waals surface area contributed by atoms with Gasteiger partial charge in [-0.3, -0.25) is 0 Å². The van der Waals surface area contributed by atoms with E-state index < -0.39 is 0 Å². The molecule has 0 aliphatic heterocycles.